The van der Waals surface area contributed by atoms with Gasteiger partial charge in [-0.2, -0.15) is 12.7 Å². The van der Waals surface area contributed by atoms with Gasteiger partial charge in [0.25, 0.3) is 5.91 Å². The van der Waals surface area contributed by atoms with Crippen molar-refractivity contribution in [3.63, 3.8) is 0 Å². The van der Waals surface area contributed by atoms with Crippen LogP contribution in [0.3, 0.4) is 0 Å². The van der Waals surface area contributed by atoms with E-state index in [0.717, 1.165) is 91.7 Å². The minimum Gasteiger partial charge on any atom is -0.372 e. The van der Waals surface area contributed by atoms with Gasteiger partial charge >= 0.3 is 10.2 Å². The van der Waals surface area contributed by atoms with Crippen LogP contribution < -0.4 is 14.9 Å². The molecule has 18 heteroatoms. The number of aromatic amines is 1. The maximum atomic E-state index is 15.9. The van der Waals surface area contributed by atoms with E-state index in [2.05, 4.69) is 54.1 Å². The second-order valence-corrected chi connectivity index (χ2v) is 20.2. The van der Waals surface area contributed by atoms with Gasteiger partial charge in [-0.3, -0.25) is 29.2 Å². The molecule has 5 aliphatic heterocycles. The number of anilines is 2. The molecule has 3 atom stereocenters. The molecule has 4 saturated heterocycles. The Labute approximate surface area is 386 Å². The van der Waals surface area contributed by atoms with Crippen LogP contribution in [-0.2, 0) is 26.3 Å². The highest BCUT2D eigenvalue weighted by molar-refractivity contribution is 7.90. The number of rotatable bonds is 11. The number of nitrogens with zero attached hydrogens (tertiary/aromatic N) is 5. The van der Waals surface area contributed by atoms with Gasteiger partial charge in [0.05, 0.1) is 17.3 Å². The zero-order valence-electron chi connectivity index (χ0n) is 36.9. The smallest absolute Gasteiger partial charge is 0.302 e. The van der Waals surface area contributed by atoms with Gasteiger partial charge < -0.3 is 19.7 Å². The fraction of sp³-hybridized carbons (Fsp3) is 0.408. The van der Waals surface area contributed by atoms with Crippen molar-refractivity contribution in [3.8, 4) is 11.1 Å². The number of halogens is 3. The summed E-state index contributed by atoms with van der Waals surface area (Å²) in [5.41, 5.74) is 4.17. The van der Waals surface area contributed by atoms with Crippen molar-refractivity contribution in [1.29, 1.82) is 0 Å². The van der Waals surface area contributed by atoms with E-state index in [9.17, 15) is 32.0 Å². The highest BCUT2D eigenvalue weighted by Gasteiger charge is 2.41. The van der Waals surface area contributed by atoms with Crippen LogP contribution in [-0.4, -0.2) is 114 Å². The monoisotopic (exact) mass is 936 g/mol. The molecule has 0 aliphatic carbocycles. The van der Waals surface area contributed by atoms with Crippen LogP contribution in [0, 0.1) is 17.6 Å². The first-order chi connectivity index (χ1) is 32.2. The molecule has 3 amide bonds. The van der Waals surface area contributed by atoms with E-state index in [1.54, 1.807) is 17.2 Å². The minimum atomic E-state index is -4.40. The van der Waals surface area contributed by atoms with Gasteiger partial charge in [-0.25, -0.2) is 18.2 Å². The molecule has 0 unspecified atom stereocenters. The molecular weight excluding hydrogens is 886 g/mol. The Balaban J connectivity index is 0.732. The van der Waals surface area contributed by atoms with Crippen molar-refractivity contribution in [3.05, 3.63) is 113 Å². The standard InChI is InChI=1S/C49H51F3N8O6S/c1-28-39(50)16-21-60(28)67(65,66)56-41-9-8-40(51)44(45(41)52)46(62)38-25-54-47-37(38)23-33(24-53-47)30-2-5-35(6-3-30)58-19-12-29(13-20-58)26-57-17-14-31(15-18-57)32-4-7-36-34(22-32)27-59(49(36)64)42-10-11-43(61)55-48(42)63/h2-9,22-25,28-29,31,39,42,56H,10-21,26-27H2,1H3,(H,53,54)(H,55,61,63)/t28-,39+,42-/m0/s1. The molecule has 0 spiro atoms. The normalized spacial score (nSPS) is 22.4. The van der Waals surface area contributed by atoms with Crippen LogP contribution in [0.1, 0.15) is 95.2 Å². The Kier molecular flexibility index (Phi) is 11.9. The predicted molar refractivity (Wildman–Crippen MR) is 245 cm³/mol. The molecule has 0 radical (unpaired) electrons. The molecule has 0 bridgehead atoms. The zero-order chi connectivity index (χ0) is 46.7. The fourth-order valence-electron chi connectivity index (χ4n) is 10.6. The fourth-order valence-corrected chi connectivity index (χ4v) is 12.1. The second kappa shape index (κ2) is 17.8. The lowest BCUT2D eigenvalue weighted by Gasteiger charge is -2.38. The number of amides is 3. The van der Waals surface area contributed by atoms with E-state index >= 15 is 8.78 Å². The Morgan fingerprint density at radius 3 is 2.36 bits per heavy atom. The van der Waals surface area contributed by atoms with E-state index in [1.807, 2.05) is 18.2 Å². The SMILES string of the molecule is C[C@H]1[C@H](F)CCN1S(=O)(=O)Nc1ccc(F)c(C(=O)c2c[nH]c3ncc(-c4ccc(N5CCC(CN6CCC(c7ccc8c(c7)CN([C@H]7CCC(=O)NC7=O)C8=O)CC6)CC5)cc4)cc23)c1F. The molecule has 10 rings (SSSR count). The van der Waals surface area contributed by atoms with Crippen molar-refractivity contribution >= 4 is 56.1 Å². The number of piperidine rings is 3. The summed E-state index contributed by atoms with van der Waals surface area (Å²) < 4.78 is 74.2. The lowest BCUT2D eigenvalue weighted by molar-refractivity contribution is -0.136. The third kappa shape index (κ3) is 8.59. The Morgan fingerprint density at radius 1 is 0.881 bits per heavy atom. The molecule has 5 aliphatic rings. The number of hydrogen-bond donors (Lipinski definition) is 3. The molecule has 7 heterocycles. The molecule has 5 aromatic rings. The summed E-state index contributed by atoms with van der Waals surface area (Å²) in [5.74, 6) is -3.39. The summed E-state index contributed by atoms with van der Waals surface area (Å²) in [6.07, 6.45) is 6.40. The summed E-state index contributed by atoms with van der Waals surface area (Å²) in [4.78, 5) is 65.1. The Morgan fingerprint density at radius 2 is 1.64 bits per heavy atom. The molecule has 67 heavy (non-hydrogen) atoms. The highest BCUT2D eigenvalue weighted by atomic mass is 32.2. The van der Waals surface area contributed by atoms with Gasteiger partial charge in [-0.05, 0) is 123 Å². The maximum absolute atomic E-state index is 15.9. The van der Waals surface area contributed by atoms with Crippen LogP contribution in [0.5, 0.6) is 0 Å². The van der Waals surface area contributed by atoms with Crippen molar-refractivity contribution in [2.75, 3.05) is 48.9 Å². The van der Waals surface area contributed by atoms with Crippen LogP contribution in [0.2, 0.25) is 0 Å². The van der Waals surface area contributed by atoms with E-state index in [-0.39, 0.29) is 36.8 Å². The van der Waals surface area contributed by atoms with Crippen LogP contribution in [0.15, 0.2) is 73.1 Å². The number of likely N-dealkylation sites (tertiary alicyclic amines) is 1. The molecule has 2 aromatic heterocycles. The number of ketones is 1. The average molecular weight is 937 g/mol. The third-order valence-corrected chi connectivity index (χ3v) is 16.2. The molecule has 350 valence electrons. The van der Waals surface area contributed by atoms with Crippen molar-refractivity contribution in [1.82, 2.24) is 29.4 Å². The summed E-state index contributed by atoms with van der Waals surface area (Å²) >= 11 is 0. The quantitative estimate of drug-likeness (QED) is 0.0967. The second-order valence-electron chi connectivity index (χ2n) is 18.6. The van der Waals surface area contributed by atoms with Crippen molar-refractivity contribution in [2.24, 2.45) is 5.92 Å². The largest absolute Gasteiger partial charge is 0.372 e. The van der Waals surface area contributed by atoms with Gasteiger partial charge in [-0.1, -0.05) is 24.3 Å². The molecule has 0 saturated carbocycles. The number of aromatic nitrogens is 2. The third-order valence-electron chi connectivity index (χ3n) is 14.5. The highest BCUT2D eigenvalue weighted by Crippen LogP contribution is 2.36. The number of imide groups is 1. The summed E-state index contributed by atoms with van der Waals surface area (Å²) in [6.45, 7) is 6.63. The molecule has 3 N–H and O–H groups in total. The van der Waals surface area contributed by atoms with Gasteiger partial charge in [0.2, 0.25) is 17.6 Å². The number of benzene rings is 3. The molecular formula is C49H51F3N8O6S. The van der Waals surface area contributed by atoms with Gasteiger partial charge in [0, 0.05) is 79.3 Å². The number of hydrogen-bond acceptors (Lipinski definition) is 9. The van der Waals surface area contributed by atoms with Crippen molar-refractivity contribution in [2.45, 2.75) is 82.6 Å². The number of fused-ring (bicyclic) bond motifs is 2. The number of alkyl halides is 1. The summed E-state index contributed by atoms with van der Waals surface area (Å²) in [6, 6.07) is 16.1. The van der Waals surface area contributed by atoms with Gasteiger partial charge in [0.1, 0.15) is 23.7 Å². The average Bonchev–Trinajstić information content (AvgIpc) is 4.01. The number of carbonyl (C=O) groups is 4. The van der Waals surface area contributed by atoms with Crippen LogP contribution in [0.25, 0.3) is 22.2 Å². The summed E-state index contributed by atoms with van der Waals surface area (Å²) in [7, 11) is -4.40. The first kappa shape index (κ1) is 44.7. The van der Waals surface area contributed by atoms with E-state index in [0.29, 0.717) is 47.0 Å². The Bertz CT molecular complexity index is 2900. The molecule has 3 aromatic carbocycles. The van der Waals surface area contributed by atoms with Gasteiger partial charge in [-0.15, -0.1) is 0 Å². The molecule has 14 nitrogen and oxygen atoms in total. The summed E-state index contributed by atoms with van der Waals surface area (Å²) in [5, 5.41) is 2.71. The predicted octanol–water partition coefficient (Wildman–Crippen LogP) is 6.69. The lowest BCUT2D eigenvalue weighted by Crippen LogP contribution is -2.52. The van der Waals surface area contributed by atoms with Crippen LogP contribution in [0.4, 0.5) is 24.5 Å². The van der Waals surface area contributed by atoms with Crippen LogP contribution >= 0.6 is 0 Å². The Hall–Kier alpha value is -6.11. The minimum absolute atomic E-state index is 0.00806. The maximum Gasteiger partial charge on any atom is 0.302 e. The first-order valence-electron chi connectivity index (χ1n) is 23.0. The topological polar surface area (TPSA) is 168 Å². The first-order valence-corrected chi connectivity index (χ1v) is 24.4. The number of H-pyrrole nitrogens is 1. The number of pyridine rings is 1. The number of carbonyl (C=O) groups excluding carboxylic acids is 4. The number of nitrogens with one attached hydrogen (secondary N) is 3. The van der Waals surface area contributed by atoms with E-state index in [1.165, 1.54) is 18.7 Å². The van der Waals surface area contributed by atoms with Crippen molar-refractivity contribution < 1.29 is 40.8 Å². The molecule has 4 fully saturated rings. The van der Waals surface area contributed by atoms with Gasteiger partial charge in [0.15, 0.2) is 5.82 Å². The zero-order valence-corrected chi connectivity index (χ0v) is 37.8. The lowest BCUT2D eigenvalue weighted by atomic mass is 9.87. The van der Waals surface area contributed by atoms with E-state index < -0.39 is 63.0 Å². The van der Waals surface area contributed by atoms with E-state index in [4.69, 9.17) is 0 Å².